The van der Waals surface area contributed by atoms with E-state index in [2.05, 4.69) is 15.3 Å². The van der Waals surface area contributed by atoms with Gasteiger partial charge in [0.15, 0.2) is 0 Å². The van der Waals surface area contributed by atoms with Crippen LogP contribution in [0.5, 0.6) is 0 Å². The first-order chi connectivity index (χ1) is 16.0. The summed E-state index contributed by atoms with van der Waals surface area (Å²) in [7, 11) is 0. The summed E-state index contributed by atoms with van der Waals surface area (Å²) < 4.78 is 20.2. The van der Waals surface area contributed by atoms with Gasteiger partial charge in [-0.25, -0.2) is 19.0 Å². The molecule has 0 bridgehead atoms. The molecule has 0 unspecified atom stereocenters. The first-order valence-corrected chi connectivity index (χ1v) is 11.5. The van der Waals surface area contributed by atoms with E-state index >= 15 is 0 Å². The normalized spacial score (nSPS) is 20.7. The van der Waals surface area contributed by atoms with Crippen LogP contribution in [0, 0.1) is 12.7 Å². The van der Waals surface area contributed by atoms with E-state index in [0.29, 0.717) is 42.6 Å². The third-order valence-electron chi connectivity index (χ3n) is 6.10. The average molecular weight is 471 g/mol. The summed E-state index contributed by atoms with van der Waals surface area (Å²) in [4.78, 5) is 37.4. The van der Waals surface area contributed by atoms with E-state index in [-0.39, 0.29) is 36.3 Å². The van der Waals surface area contributed by atoms with Crippen molar-refractivity contribution in [3.05, 3.63) is 41.3 Å². The number of anilines is 3. The maximum absolute atomic E-state index is 14.8. The highest BCUT2D eigenvalue weighted by molar-refractivity contribution is 6.06. The van der Waals surface area contributed by atoms with Crippen molar-refractivity contribution in [1.29, 1.82) is 0 Å². The van der Waals surface area contributed by atoms with Crippen molar-refractivity contribution < 1.29 is 18.7 Å². The zero-order valence-electron chi connectivity index (χ0n) is 20.0. The first kappa shape index (κ1) is 23.7. The van der Waals surface area contributed by atoms with E-state index < -0.39 is 17.5 Å². The van der Waals surface area contributed by atoms with E-state index in [9.17, 15) is 14.0 Å². The van der Waals surface area contributed by atoms with Crippen LogP contribution in [0.3, 0.4) is 0 Å². The van der Waals surface area contributed by atoms with Crippen molar-refractivity contribution >= 4 is 29.6 Å². The van der Waals surface area contributed by atoms with Crippen molar-refractivity contribution in [2.24, 2.45) is 0 Å². The molecule has 0 radical (unpaired) electrons. The molecule has 1 aromatic heterocycles. The Hall–Kier alpha value is -3.43. The molecular formula is C24H31FN6O3. The van der Waals surface area contributed by atoms with Crippen LogP contribution in [0.2, 0.25) is 0 Å². The van der Waals surface area contributed by atoms with Gasteiger partial charge < -0.3 is 15.8 Å². The second-order valence-electron chi connectivity index (χ2n) is 9.87. The van der Waals surface area contributed by atoms with E-state index in [0.717, 1.165) is 0 Å². The Morgan fingerprint density at radius 2 is 1.94 bits per heavy atom. The highest BCUT2D eigenvalue weighted by Gasteiger charge is 2.40. The van der Waals surface area contributed by atoms with Gasteiger partial charge in [0.05, 0.1) is 12.2 Å². The minimum atomic E-state index is -0.570. The third-order valence-corrected chi connectivity index (χ3v) is 6.10. The molecule has 182 valence electrons. The molecule has 2 aliphatic rings. The van der Waals surface area contributed by atoms with Crippen molar-refractivity contribution in [1.82, 2.24) is 15.3 Å². The van der Waals surface area contributed by atoms with Gasteiger partial charge in [-0.15, -0.1) is 0 Å². The van der Waals surface area contributed by atoms with Crippen LogP contribution in [-0.2, 0) is 11.3 Å². The number of amides is 3. The number of nitrogens with one attached hydrogen (secondary N) is 1. The summed E-state index contributed by atoms with van der Waals surface area (Å²) in [6.07, 6.45) is 3.76. The maximum Gasteiger partial charge on any atom is 0.407 e. The number of halogens is 1. The number of benzene rings is 1. The minimum Gasteiger partial charge on any atom is -0.444 e. The molecule has 1 saturated carbocycles. The van der Waals surface area contributed by atoms with Crippen LogP contribution in [0.25, 0.3) is 0 Å². The van der Waals surface area contributed by atoms with Crippen LogP contribution in [-0.4, -0.2) is 39.8 Å². The Bertz CT molecular complexity index is 1070. The number of nitrogens with two attached hydrogens (primary N) is 1. The maximum atomic E-state index is 14.8. The van der Waals surface area contributed by atoms with Gasteiger partial charge in [0.1, 0.15) is 17.2 Å². The number of alkyl carbamates (subject to hydrolysis) is 1. The number of nitrogens with zero attached hydrogens (tertiary/aromatic N) is 4. The van der Waals surface area contributed by atoms with Crippen LogP contribution in [0.4, 0.5) is 31.4 Å². The van der Waals surface area contributed by atoms with Crippen LogP contribution >= 0.6 is 0 Å². The molecule has 10 heteroatoms. The predicted molar refractivity (Wildman–Crippen MR) is 127 cm³/mol. The van der Waals surface area contributed by atoms with Gasteiger partial charge in [0.2, 0.25) is 5.95 Å². The van der Waals surface area contributed by atoms with Crippen molar-refractivity contribution in [3.8, 4) is 0 Å². The topological polar surface area (TPSA) is 114 Å². The molecule has 34 heavy (non-hydrogen) atoms. The number of nitrogen functional groups attached to an aromatic ring is 1. The Balaban J connectivity index is 1.57. The summed E-state index contributed by atoms with van der Waals surface area (Å²) in [6, 6.07) is 4.18. The standard InChI is InChI=1S/C24H31FN6O3/c1-14-6-5-7-18(25)19(14)30-13-15-12-27-21(26)29-20(15)31(23(30)33)17-10-8-16(9-11-17)28-22(32)34-24(2,3)4/h5-7,12,16-17H,8-11,13H2,1-4H3,(H,28,32)(H2,26,27,29). The summed E-state index contributed by atoms with van der Waals surface area (Å²) in [5.74, 6) is 0.0806. The minimum absolute atomic E-state index is 0.0501. The van der Waals surface area contributed by atoms with Crippen LogP contribution in [0.15, 0.2) is 24.4 Å². The smallest absolute Gasteiger partial charge is 0.407 e. The molecule has 2 heterocycles. The van der Waals surface area contributed by atoms with Gasteiger partial charge in [0.25, 0.3) is 0 Å². The number of carbonyl (C=O) groups excluding carboxylic acids is 2. The van der Waals surface area contributed by atoms with Crippen molar-refractivity contribution in [3.63, 3.8) is 0 Å². The average Bonchev–Trinajstić information content (AvgIpc) is 2.74. The Kier molecular flexibility index (Phi) is 6.33. The van der Waals surface area contributed by atoms with E-state index in [1.807, 2.05) is 20.8 Å². The lowest BCUT2D eigenvalue weighted by Gasteiger charge is -2.42. The molecule has 9 nitrogen and oxygen atoms in total. The van der Waals surface area contributed by atoms with Gasteiger partial charge >= 0.3 is 12.1 Å². The van der Waals surface area contributed by atoms with Gasteiger partial charge in [-0.05, 0) is 65.0 Å². The Labute approximate surface area is 198 Å². The predicted octanol–water partition coefficient (Wildman–Crippen LogP) is 4.29. The van der Waals surface area contributed by atoms with Gasteiger partial charge in [-0.3, -0.25) is 9.80 Å². The van der Waals surface area contributed by atoms with E-state index in [1.165, 1.54) is 11.0 Å². The lowest BCUT2D eigenvalue weighted by atomic mass is 9.89. The van der Waals surface area contributed by atoms with Crippen LogP contribution < -0.4 is 20.9 Å². The van der Waals surface area contributed by atoms with Gasteiger partial charge in [-0.1, -0.05) is 12.1 Å². The fraction of sp³-hybridized carbons (Fsp3) is 0.500. The number of para-hydroxylation sites is 1. The highest BCUT2D eigenvalue weighted by Crippen LogP contribution is 2.37. The quantitative estimate of drug-likeness (QED) is 0.692. The molecule has 0 atom stereocenters. The molecule has 2 aromatic rings. The zero-order valence-corrected chi connectivity index (χ0v) is 20.0. The largest absolute Gasteiger partial charge is 0.444 e. The summed E-state index contributed by atoms with van der Waals surface area (Å²) >= 11 is 0. The monoisotopic (exact) mass is 470 g/mol. The molecule has 1 aromatic carbocycles. The second-order valence-corrected chi connectivity index (χ2v) is 9.87. The second kappa shape index (κ2) is 9.08. The number of rotatable bonds is 3. The van der Waals surface area contributed by atoms with Crippen molar-refractivity contribution in [2.45, 2.75) is 77.6 Å². The number of hydrogen-bond donors (Lipinski definition) is 2. The number of hydrogen-bond acceptors (Lipinski definition) is 6. The number of aromatic nitrogens is 2. The molecule has 0 spiro atoms. The molecule has 1 aliphatic heterocycles. The van der Waals surface area contributed by atoms with Gasteiger partial charge in [0, 0.05) is 23.8 Å². The molecular weight excluding hydrogens is 439 g/mol. The number of carbonyl (C=O) groups is 2. The summed E-state index contributed by atoms with van der Waals surface area (Å²) in [5, 5.41) is 2.92. The lowest BCUT2D eigenvalue weighted by molar-refractivity contribution is 0.0491. The molecule has 3 N–H and O–H groups in total. The van der Waals surface area contributed by atoms with E-state index in [1.54, 1.807) is 30.2 Å². The zero-order chi connectivity index (χ0) is 24.6. The number of fused-ring (bicyclic) bond motifs is 1. The van der Waals surface area contributed by atoms with Crippen molar-refractivity contribution in [2.75, 3.05) is 15.5 Å². The number of ether oxygens (including phenoxy) is 1. The van der Waals surface area contributed by atoms with E-state index in [4.69, 9.17) is 10.5 Å². The number of urea groups is 1. The molecule has 1 fully saturated rings. The molecule has 3 amide bonds. The fourth-order valence-corrected chi connectivity index (χ4v) is 4.61. The Morgan fingerprint density at radius 3 is 2.59 bits per heavy atom. The van der Waals surface area contributed by atoms with Gasteiger partial charge in [-0.2, -0.15) is 4.98 Å². The highest BCUT2D eigenvalue weighted by atomic mass is 19.1. The first-order valence-electron chi connectivity index (χ1n) is 11.5. The Morgan fingerprint density at radius 1 is 1.24 bits per heavy atom. The molecule has 4 rings (SSSR count). The summed E-state index contributed by atoms with van der Waals surface area (Å²) in [5.41, 5.74) is 6.89. The summed E-state index contributed by atoms with van der Waals surface area (Å²) in [6.45, 7) is 7.39. The molecule has 0 saturated heterocycles. The fourth-order valence-electron chi connectivity index (χ4n) is 4.61. The SMILES string of the molecule is Cc1cccc(F)c1N1Cc2cnc(N)nc2N(C2CCC(NC(=O)OC(C)(C)C)CC2)C1=O. The number of aryl methyl sites for hydroxylation is 1. The van der Waals surface area contributed by atoms with Crippen LogP contribution in [0.1, 0.15) is 57.6 Å². The lowest BCUT2D eigenvalue weighted by Crippen LogP contribution is -2.54. The molecule has 1 aliphatic carbocycles. The third kappa shape index (κ3) is 4.90.